The summed E-state index contributed by atoms with van der Waals surface area (Å²) in [5, 5.41) is 6.67. The lowest BCUT2D eigenvalue weighted by atomic mass is 9.84. The Balaban J connectivity index is 0.00000364. The zero-order valence-corrected chi connectivity index (χ0v) is 19.3. The molecule has 1 aliphatic rings. The first-order chi connectivity index (χ1) is 12.6. The number of aliphatic imine (C=N–C) groups is 1. The maximum absolute atomic E-state index is 5.71. The summed E-state index contributed by atoms with van der Waals surface area (Å²) in [5.41, 5.74) is 1.08. The minimum absolute atomic E-state index is 0. The monoisotopic (exact) mass is 491 g/mol. The van der Waals surface area contributed by atoms with Crippen LogP contribution in [0.5, 0.6) is 11.5 Å². The van der Waals surface area contributed by atoms with Crippen molar-refractivity contribution in [2.24, 2.45) is 4.99 Å². The Labute approximate surface area is 180 Å². The third kappa shape index (κ3) is 7.73. The number of rotatable bonds is 9. The fourth-order valence-electron chi connectivity index (χ4n) is 2.70. The van der Waals surface area contributed by atoms with Crippen molar-refractivity contribution in [1.82, 2.24) is 10.6 Å². The van der Waals surface area contributed by atoms with Crippen LogP contribution in [-0.2, 0) is 10.2 Å². The van der Waals surface area contributed by atoms with E-state index in [0.29, 0.717) is 19.8 Å². The highest BCUT2D eigenvalue weighted by Crippen LogP contribution is 2.35. The van der Waals surface area contributed by atoms with Crippen LogP contribution in [0.1, 0.15) is 39.7 Å². The van der Waals surface area contributed by atoms with E-state index in [1.807, 2.05) is 13.0 Å². The molecule has 0 aromatic heterocycles. The third-order valence-corrected chi connectivity index (χ3v) is 4.26. The van der Waals surface area contributed by atoms with Gasteiger partial charge in [-0.3, -0.25) is 4.99 Å². The van der Waals surface area contributed by atoms with Gasteiger partial charge in [0.25, 0.3) is 0 Å². The van der Waals surface area contributed by atoms with Crippen LogP contribution in [0.2, 0.25) is 0 Å². The Morgan fingerprint density at radius 1 is 1.15 bits per heavy atom. The van der Waals surface area contributed by atoms with Crippen molar-refractivity contribution in [2.75, 3.05) is 46.1 Å². The predicted molar refractivity (Wildman–Crippen MR) is 121 cm³/mol. The SMILES string of the molecule is CCNC(=NCC(C)(C)c1ccc2c(c1)OCCO2)NCCCOCC.I. The Morgan fingerprint density at radius 2 is 1.89 bits per heavy atom. The topological polar surface area (TPSA) is 64.1 Å². The van der Waals surface area contributed by atoms with Crippen molar-refractivity contribution in [3.05, 3.63) is 23.8 Å². The number of hydrogen-bond acceptors (Lipinski definition) is 4. The fraction of sp³-hybridized carbons (Fsp3) is 0.650. The number of fused-ring (bicyclic) bond motifs is 1. The first kappa shape index (κ1) is 23.8. The summed E-state index contributed by atoms with van der Waals surface area (Å²) in [5.74, 6) is 2.49. The summed E-state index contributed by atoms with van der Waals surface area (Å²) in [7, 11) is 0. The summed E-state index contributed by atoms with van der Waals surface area (Å²) in [4.78, 5) is 4.77. The first-order valence-corrected chi connectivity index (χ1v) is 9.57. The molecule has 7 heteroatoms. The number of hydrogen-bond donors (Lipinski definition) is 2. The maximum atomic E-state index is 5.71. The molecule has 2 N–H and O–H groups in total. The van der Waals surface area contributed by atoms with Gasteiger partial charge in [-0.15, -0.1) is 24.0 Å². The van der Waals surface area contributed by atoms with E-state index >= 15 is 0 Å². The number of nitrogens with zero attached hydrogens (tertiary/aromatic N) is 1. The van der Waals surface area contributed by atoms with Gasteiger partial charge >= 0.3 is 0 Å². The molecule has 0 radical (unpaired) electrons. The second kappa shape index (κ2) is 12.3. The van der Waals surface area contributed by atoms with Gasteiger partial charge in [-0.1, -0.05) is 19.9 Å². The molecule has 1 aromatic rings. The van der Waals surface area contributed by atoms with Crippen LogP contribution >= 0.6 is 24.0 Å². The van der Waals surface area contributed by atoms with Crippen LogP contribution in [0.3, 0.4) is 0 Å². The lowest BCUT2D eigenvalue weighted by Gasteiger charge is -2.26. The van der Waals surface area contributed by atoms with Crippen molar-refractivity contribution in [3.63, 3.8) is 0 Å². The average Bonchev–Trinajstić information content (AvgIpc) is 2.65. The minimum Gasteiger partial charge on any atom is -0.486 e. The third-order valence-electron chi connectivity index (χ3n) is 4.26. The van der Waals surface area contributed by atoms with E-state index in [0.717, 1.165) is 50.2 Å². The van der Waals surface area contributed by atoms with E-state index < -0.39 is 0 Å². The molecule has 0 fully saturated rings. The molecule has 0 atom stereocenters. The van der Waals surface area contributed by atoms with E-state index in [-0.39, 0.29) is 29.4 Å². The molecule has 0 saturated heterocycles. The van der Waals surface area contributed by atoms with Gasteiger partial charge in [0, 0.05) is 31.7 Å². The van der Waals surface area contributed by atoms with Crippen molar-refractivity contribution in [1.29, 1.82) is 0 Å². The normalized spacial score (nSPS) is 13.7. The number of benzene rings is 1. The Bertz CT molecular complexity index is 594. The standard InChI is InChI=1S/C20H33N3O3.HI/c1-5-21-19(22-10-7-11-24-6-2)23-15-20(3,4)16-8-9-17-18(14-16)26-13-12-25-17;/h8-9,14H,5-7,10-13,15H2,1-4H3,(H2,21,22,23);1H. The molecular weight excluding hydrogens is 457 g/mol. The Morgan fingerprint density at radius 3 is 2.59 bits per heavy atom. The highest BCUT2D eigenvalue weighted by molar-refractivity contribution is 14.0. The van der Waals surface area contributed by atoms with Gasteiger partial charge in [-0.2, -0.15) is 0 Å². The maximum Gasteiger partial charge on any atom is 0.191 e. The van der Waals surface area contributed by atoms with E-state index in [1.54, 1.807) is 0 Å². The molecule has 0 unspecified atom stereocenters. The summed E-state index contributed by atoms with van der Waals surface area (Å²) < 4.78 is 16.7. The molecule has 1 heterocycles. The van der Waals surface area contributed by atoms with Crippen molar-refractivity contribution in [2.45, 2.75) is 39.5 Å². The second-order valence-corrected chi connectivity index (χ2v) is 6.91. The van der Waals surface area contributed by atoms with Crippen molar-refractivity contribution in [3.8, 4) is 11.5 Å². The lowest BCUT2D eigenvalue weighted by Crippen LogP contribution is -2.39. The number of halogens is 1. The number of guanidine groups is 1. The zero-order valence-electron chi connectivity index (χ0n) is 17.0. The van der Waals surface area contributed by atoms with Gasteiger partial charge in [-0.25, -0.2) is 0 Å². The molecule has 1 aliphatic heterocycles. The van der Waals surface area contributed by atoms with E-state index in [9.17, 15) is 0 Å². The molecule has 27 heavy (non-hydrogen) atoms. The molecule has 0 spiro atoms. The van der Waals surface area contributed by atoms with Gasteiger partial charge in [0.15, 0.2) is 17.5 Å². The van der Waals surface area contributed by atoms with Gasteiger partial charge in [0.2, 0.25) is 0 Å². The lowest BCUT2D eigenvalue weighted by molar-refractivity contribution is 0.145. The first-order valence-electron chi connectivity index (χ1n) is 9.57. The molecule has 6 nitrogen and oxygen atoms in total. The smallest absolute Gasteiger partial charge is 0.191 e. The van der Waals surface area contributed by atoms with Crippen molar-refractivity contribution < 1.29 is 14.2 Å². The van der Waals surface area contributed by atoms with Gasteiger partial charge in [0.05, 0.1) is 6.54 Å². The predicted octanol–water partition coefficient (Wildman–Crippen LogP) is 3.34. The number of ether oxygens (including phenoxy) is 3. The molecular formula is C20H34IN3O3. The molecule has 0 bridgehead atoms. The second-order valence-electron chi connectivity index (χ2n) is 6.91. The van der Waals surface area contributed by atoms with Crippen LogP contribution in [0.25, 0.3) is 0 Å². The quantitative estimate of drug-likeness (QED) is 0.240. The van der Waals surface area contributed by atoms with Crippen LogP contribution in [0, 0.1) is 0 Å². The summed E-state index contributed by atoms with van der Waals surface area (Å²) in [6.45, 7) is 13.6. The van der Waals surface area contributed by atoms with Crippen molar-refractivity contribution >= 4 is 29.9 Å². The fourth-order valence-corrected chi connectivity index (χ4v) is 2.70. The molecule has 0 aliphatic carbocycles. The van der Waals surface area contributed by atoms with E-state index in [1.165, 1.54) is 5.56 Å². The van der Waals surface area contributed by atoms with E-state index in [2.05, 4.69) is 43.5 Å². The zero-order chi connectivity index (χ0) is 18.8. The van der Waals surface area contributed by atoms with Crippen LogP contribution in [-0.4, -0.2) is 52.0 Å². The summed E-state index contributed by atoms with van der Waals surface area (Å²) >= 11 is 0. The highest BCUT2D eigenvalue weighted by Gasteiger charge is 2.23. The van der Waals surface area contributed by atoms with Crippen LogP contribution < -0.4 is 20.1 Å². The molecule has 1 aromatic carbocycles. The van der Waals surface area contributed by atoms with Gasteiger partial charge < -0.3 is 24.8 Å². The Hall–Kier alpha value is -1.22. The highest BCUT2D eigenvalue weighted by atomic mass is 127. The minimum atomic E-state index is -0.108. The molecule has 154 valence electrons. The van der Waals surface area contributed by atoms with E-state index in [4.69, 9.17) is 19.2 Å². The molecule has 2 rings (SSSR count). The Kier molecular flexibility index (Phi) is 10.8. The number of nitrogens with one attached hydrogen (secondary N) is 2. The summed E-state index contributed by atoms with van der Waals surface area (Å²) in [6.07, 6.45) is 0.962. The van der Waals surface area contributed by atoms with Crippen LogP contribution in [0.4, 0.5) is 0 Å². The van der Waals surface area contributed by atoms with Crippen LogP contribution in [0.15, 0.2) is 23.2 Å². The summed E-state index contributed by atoms with van der Waals surface area (Å²) in [6, 6.07) is 6.17. The largest absolute Gasteiger partial charge is 0.486 e. The molecule has 0 amide bonds. The molecule has 0 saturated carbocycles. The average molecular weight is 491 g/mol. The van der Waals surface area contributed by atoms with Gasteiger partial charge in [-0.05, 0) is 38.0 Å². The van der Waals surface area contributed by atoms with Gasteiger partial charge in [0.1, 0.15) is 13.2 Å².